The second-order valence-electron chi connectivity index (χ2n) is 2.71. The lowest BCUT2D eigenvalue weighted by Gasteiger charge is -2.02. The normalized spacial score (nSPS) is 9.43. The van der Waals surface area contributed by atoms with E-state index >= 15 is 0 Å². The highest BCUT2D eigenvalue weighted by Crippen LogP contribution is 1.89. The Labute approximate surface area is 78.4 Å². The van der Waals surface area contributed by atoms with E-state index in [1.54, 1.807) is 6.07 Å². The molecule has 1 aromatic heterocycles. The van der Waals surface area contributed by atoms with Gasteiger partial charge in [0.1, 0.15) is 17.5 Å². The van der Waals surface area contributed by atoms with Crippen molar-refractivity contribution in [3.8, 4) is 6.07 Å². The van der Waals surface area contributed by atoms with E-state index < -0.39 is 11.1 Å². The maximum atomic E-state index is 11.2. The number of aromatic amines is 1. The third-order valence-corrected chi connectivity index (χ3v) is 1.57. The lowest BCUT2D eigenvalue weighted by atomic mass is 10.4. The largest absolute Gasteiger partial charge is 0.322 e. The molecule has 0 aliphatic carbocycles. The first-order valence-electron chi connectivity index (χ1n) is 3.78. The average Bonchev–Trinajstić information content (AvgIpc) is 2.13. The highest BCUT2D eigenvalue weighted by atomic mass is 16.2. The number of H-pyrrole nitrogens is 1. The molecule has 1 aromatic rings. The quantitative estimate of drug-likeness (QED) is 0.609. The van der Waals surface area contributed by atoms with Gasteiger partial charge in [-0.2, -0.15) is 5.26 Å². The first kappa shape index (κ1) is 9.92. The SMILES string of the molecule is CC(=O)Cn1c(C#N)c[nH]c(=O)c1=O. The molecule has 6 heteroatoms. The second-order valence-corrected chi connectivity index (χ2v) is 2.71. The fourth-order valence-corrected chi connectivity index (χ4v) is 0.978. The molecule has 1 heterocycles. The topological polar surface area (TPSA) is 95.7 Å². The van der Waals surface area contributed by atoms with Crippen molar-refractivity contribution in [3.05, 3.63) is 32.6 Å². The standard InChI is InChI=1S/C8H7N3O3/c1-5(12)4-11-6(2-9)3-10-7(13)8(11)14/h3H,4H2,1H3,(H,10,13). The van der Waals surface area contributed by atoms with Crippen molar-refractivity contribution in [1.29, 1.82) is 5.26 Å². The van der Waals surface area contributed by atoms with Crippen molar-refractivity contribution in [3.63, 3.8) is 0 Å². The molecule has 0 aliphatic rings. The summed E-state index contributed by atoms with van der Waals surface area (Å²) in [6.07, 6.45) is 1.10. The summed E-state index contributed by atoms with van der Waals surface area (Å²) in [6, 6.07) is 1.71. The Kier molecular flexibility index (Phi) is 2.62. The van der Waals surface area contributed by atoms with Gasteiger partial charge in [-0.05, 0) is 6.92 Å². The minimum Gasteiger partial charge on any atom is -0.322 e. The molecule has 0 bridgehead atoms. The Bertz CT molecular complexity index is 518. The van der Waals surface area contributed by atoms with Gasteiger partial charge in [-0.3, -0.25) is 19.0 Å². The summed E-state index contributed by atoms with van der Waals surface area (Å²) >= 11 is 0. The van der Waals surface area contributed by atoms with E-state index in [1.807, 2.05) is 0 Å². The number of Topliss-reactive ketones (excluding diaryl/α,β-unsaturated/α-hetero) is 1. The van der Waals surface area contributed by atoms with Crippen LogP contribution in [-0.4, -0.2) is 15.3 Å². The number of carbonyl (C=O) groups is 1. The summed E-state index contributed by atoms with van der Waals surface area (Å²) < 4.78 is 0.848. The summed E-state index contributed by atoms with van der Waals surface area (Å²) in [5.74, 6) is -0.297. The van der Waals surface area contributed by atoms with Crippen molar-refractivity contribution in [2.45, 2.75) is 13.5 Å². The van der Waals surface area contributed by atoms with Crippen LogP contribution >= 0.6 is 0 Å². The van der Waals surface area contributed by atoms with Crippen LogP contribution < -0.4 is 11.1 Å². The predicted molar refractivity (Wildman–Crippen MR) is 46.7 cm³/mol. The Morgan fingerprint density at radius 2 is 2.29 bits per heavy atom. The van der Waals surface area contributed by atoms with Gasteiger partial charge >= 0.3 is 11.1 Å². The van der Waals surface area contributed by atoms with E-state index in [2.05, 4.69) is 4.98 Å². The molecule has 0 saturated heterocycles. The van der Waals surface area contributed by atoms with Crippen molar-refractivity contribution in [2.24, 2.45) is 0 Å². The third kappa shape index (κ3) is 1.77. The van der Waals surface area contributed by atoms with Crippen LogP contribution in [0.15, 0.2) is 15.8 Å². The smallest absolute Gasteiger partial charge is 0.317 e. The summed E-state index contributed by atoms with van der Waals surface area (Å²) in [4.78, 5) is 35.0. The summed E-state index contributed by atoms with van der Waals surface area (Å²) in [6.45, 7) is 1.01. The van der Waals surface area contributed by atoms with Crippen LogP contribution in [0.3, 0.4) is 0 Å². The van der Waals surface area contributed by atoms with Crippen molar-refractivity contribution in [1.82, 2.24) is 9.55 Å². The highest BCUT2D eigenvalue weighted by molar-refractivity contribution is 5.75. The minimum atomic E-state index is -0.890. The van der Waals surface area contributed by atoms with Crippen LogP contribution in [0.4, 0.5) is 0 Å². The molecule has 1 rings (SSSR count). The lowest BCUT2D eigenvalue weighted by Crippen LogP contribution is -2.38. The van der Waals surface area contributed by atoms with Crippen LogP contribution in [-0.2, 0) is 11.3 Å². The molecule has 0 fully saturated rings. The zero-order chi connectivity index (χ0) is 10.7. The Morgan fingerprint density at radius 3 is 2.79 bits per heavy atom. The number of nitriles is 1. The van der Waals surface area contributed by atoms with Crippen LogP contribution in [0, 0.1) is 11.3 Å². The third-order valence-electron chi connectivity index (χ3n) is 1.57. The van der Waals surface area contributed by atoms with Gasteiger partial charge in [-0.15, -0.1) is 0 Å². The molecule has 1 N–H and O–H groups in total. The number of aromatic nitrogens is 2. The van der Waals surface area contributed by atoms with E-state index in [0.717, 1.165) is 10.8 Å². The van der Waals surface area contributed by atoms with E-state index in [1.165, 1.54) is 6.92 Å². The van der Waals surface area contributed by atoms with Gasteiger partial charge < -0.3 is 4.98 Å². The maximum absolute atomic E-state index is 11.2. The molecular weight excluding hydrogens is 186 g/mol. The summed E-state index contributed by atoms with van der Waals surface area (Å²) in [7, 11) is 0. The van der Waals surface area contributed by atoms with Gasteiger partial charge in [0, 0.05) is 6.20 Å². The number of nitrogens with one attached hydrogen (secondary N) is 1. The maximum Gasteiger partial charge on any atom is 0.317 e. The molecule has 0 spiro atoms. The van der Waals surface area contributed by atoms with E-state index in [-0.39, 0.29) is 18.0 Å². The van der Waals surface area contributed by atoms with Gasteiger partial charge in [0.2, 0.25) is 0 Å². The molecule has 0 unspecified atom stereocenters. The molecule has 0 radical (unpaired) electrons. The fourth-order valence-electron chi connectivity index (χ4n) is 0.978. The Balaban J connectivity index is 3.45. The number of carbonyl (C=O) groups excluding carboxylic acids is 1. The molecular formula is C8H7N3O3. The van der Waals surface area contributed by atoms with Crippen LogP contribution in [0.25, 0.3) is 0 Å². The molecule has 0 amide bonds. The van der Waals surface area contributed by atoms with E-state index in [4.69, 9.17) is 5.26 Å². The molecule has 0 aromatic carbocycles. The van der Waals surface area contributed by atoms with Gasteiger partial charge in [0.05, 0.1) is 6.54 Å². The number of hydrogen-bond acceptors (Lipinski definition) is 4. The number of ketones is 1. The zero-order valence-electron chi connectivity index (χ0n) is 7.40. The molecule has 14 heavy (non-hydrogen) atoms. The van der Waals surface area contributed by atoms with Crippen LogP contribution in [0.2, 0.25) is 0 Å². The first-order chi connectivity index (χ1) is 6.56. The monoisotopic (exact) mass is 193 g/mol. The highest BCUT2D eigenvalue weighted by Gasteiger charge is 2.07. The van der Waals surface area contributed by atoms with Crippen molar-refractivity contribution >= 4 is 5.78 Å². The van der Waals surface area contributed by atoms with Crippen LogP contribution in [0.1, 0.15) is 12.6 Å². The number of hydrogen-bond donors (Lipinski definition) is 1. The van der Waals surface area contributed by atoms with Crippen LogP contribution in [0.5, 0.6) is 0 Å². The molecule has 0 saturated carbocycles. The number of rotatable bonds is 2. The van der Waals surface area contributed by atoms with Gasteiger partial charge in [-0.1, -0.05) is 0 Å². The molecule has 0 atom stereocenters. The molecule has 6 nitrogen and oxygen atoms in total. The zero-order valence-corrected chi connectivity index (χ0v) is 7.40. The Morgan fingerprint density at radius 1 is 1.64 bits per heavy atom. The molecule has 72 valence electrons. The van der Waals surface area contributed by atoms with Gasteiger partial charge in [-0.25, -0.2) is 0 Å². The van der Waals surface area contributed by atoms with Crippen molar-refractivity contribution in [2.75, 3.05) is 0 Å². The molecule has 0 aliphatic heterocycles. The lowest BCUT2D eigenvalue weighted by molar-refractivity contribution is -0.117. The predicted octanol–water partition coefficient (Wildman–Crippen LogP) is -1.00. The van der Waals surface area contributed by atoms with Gasteiger partial charge in [0.15, 0.2) is 0 Å². The minimum absolute atomic E-state index is 0.0372. The fraction of sp³-hybridized carbons (Fsp3) is 0.250. The average molecular weight is 193 g/mol. The van der Waals surface area contributed by atoms with Gasteiger partial charge in [0.25, 0.3) is 0 Å². The summed E-state index contributed by atoms with van der Waals surface area (Å²) in [5, 5.41) is 8.60. The van der Waals surface area contributed by atoms with E-state index in [0.29, 0.717) is 0 Å². The second kappa shape index (κ2) is 3.70. The summed E-state index contributed by atoms with van der Waals surface area (Å²) in [5.41, 5.74) is -1.77. The Hall–Kier alpha value is -2.16. The van der Waals surface area contributed by atoms with Crippen molar-refractivity contribution < 1.29 is 4.79 Å². The van der Waals surface area contributed by atoms with E-state index in [9.17, 15) is 14.4 Å². The number of nitrogens with zero attached hydrogens (tertiary/aromatic N) is 2. The first-order valence-corrected chi connectivity index (χ1v) is 3.78.